The van der Waals surface area contributed by atoms with Gasteiger partial charge in [-0.25, -0.2) is 0 Å². The molecule has 25 heavy (non-hydrogen) atoms. The van der Waals surface area contributed by atoms with Gasteiger partial charge in [-0.05, 0) is 44.3 Å². The number of nitrogens with zero attached hydrogens (tertiary/aromatic N) is 6. The Bertz CT molecular complexity index is 881. The summed E-state index contributed by atoms with van der Waals surface area (Å²) in [6.45, 7) is 2.90. The number of amides is 1. The highest BCUT2D eigenvalue weighted by atomic mass is 16.1. The molecule has 0 saturated heterocycles. The first-order valence-corrected chi connectivity index (χ1v) is 7.88. The van der Waals surface area contributed by atoms with Crippen LogP contribution in [0.5, 0.6) is 0 Å². The van der Waals surface area contributed by atoms with Crippen molar-refractivity contribution in [3.63, 3.8) is 0 Å². The van der Waals surface area contributed by atoms with Crippen molar-refractivity contribution >= 4 is 11.6 Å². The summed E-state index contributed by atoms with van der Waals surface area (Å²) >= 11 is 0. The van der Waals surface area contributed by atoms with Crippen molar-refractivity contribution < 1.29 is 4.79 Å². The Kier molecular flexibility index (Phi) is 4.62. The van der Waals surface area contributed by atoms with E-state index in [0.29, 0.717) is 11.4 Å². The molecule has 3 rings (SSSR count). The van der Waals surface area contributed by atoms with Gasteiger partial charge in [-0.1, -0.05) is 6.07 Å². The second kappa shape index (κ2) is 6.86. The fourth-order valence-corrected chi connectivity index (χ4v) is 2.70. The maximum atomic E-state index is 12.7. The molecule has 2 heterocycles. The first-order chi connectivity index (χ1) is 12.0. The summed E-state index contributed by atoms with van der Waals surface area (Å²) in [7, 11) is 5.83. The SMILES string of the molecule is Cc1cc(NC(=O)c2cnn(C)c2-n2cnnc2)ccc1CN(C)C. The number of aromatic nitrogens is 5. The van der Waals surface area contributed by atoms with Gasteiger partial charge in [0.15, 0.2) is 0 Å². The molecule has 130 valence electrons. The Balaban J connectivity index is 1.83. The van der Waals surface area contributed by atoms with Gasteiger partial charge in [0.25, 0.3) is 5.91 Å². The Morgan fingerprint density at radius 1 is 1.24 bits per heavy atom. The minimum absolute atomic E-state index is 0.225. The van der Waals surface area contributed by atoms with Crippen molar-refractivity contribution in [1.29, 1.82) is 0 Å². The van der Waals surface area contributed by atoms with E-state index in [-0.39, 0.29) is 5.91 Å². The van der Waals surface area contributed by atoms with Gasteiger partial charge in [-0.3, -0.25) is 14.0 Å². The molecule has 0 radical (unpaired) electrons. The molecule has 0 saturated carbocycles. The minimum atomic E-state index is -0.225. The van der Waals surface area contributed by atoms with E-state index in [0.717, 1.165) is 17.8 Å². The average molecular weight is 339 g/mol. The van der Waals surface area contributed by atoms with Crippen LogP contribution in [-0.4, -0.2) is 49.4 Å². The topological polar surface area (TPSA) is 80.9 Å². The normalized spacial score (nSPS) is 11.1. The molecule has 2 aromatic heterocycles. The van der Waals surface area contributed by atoms with Crippen LogP contribution < -0.4 is 5.32 Å². The fraction of sp³-hybridized carbons (Fsp3) is 0.294. The molecule has 0 bridgehead atoms. The predicted octanol–water partition coefficient (Wildman–Crippen LogP) is 1.62. The number of hydrogen-bond donors (Lipinski definition) is 1. The first kappa shape index (κ1) is 16.8. The quantitative estimate of drug-likeness (QED) is 0.764. The fourth-order valence-electron chi connectivity index (χ4n) is 2.70. The Labute approximate surface area is 146 Å². The summed E-state index contributed by atoms with van der Waals surface area (Å²) in [5.41, 5.74) is 3.58. The second-order valence-electron chi connectivity index (χ2n) is 6.21. The Hall–Kier alpha value is -3.00. The summed E-state index contributed by atoms with van der Waals surface area (Å²) in [5.74, 6) is 0.389. The summed E-state index contributed by atoms with van der Waals surface area (Å²) in [4.78, 5) is 14.8. The summed E-state index contributed by atoms with van der Waals surface area (Å²) in [5, 5.41) is 14.7. The number of hydrogen-bond acceptors (Lipinski definition) is 5. The van der Waals surface area contributed by atoms with E-state index in [2.05, 4.69) is 25.5 Å². The van der Waals surface area contributed by atoms with E-state index in [1.807, 2.05) is 39.2 Å². The van der Waals surface area contributed by atoms with E-state index < -0.39 is 0 Å². The third-order valence-corrected chi connectivity index (χ3v) is 3.90. The lowest BCUT2D eigenvalue weighted by atomic mass is 10.1. The molecule has 8 nitrogen and oxygen atoms in total. The Morgan fingerprint density at radius 3 is 2.60 bits per heavy atom. The second-order valence-corrected chi connectivity index (χ2v) is 6.21. The number of benzene rings is 1. The number of nitrogens with one attached hydrogen (secondary N) is 1. The molecule has 1 aromatic carbocycles. The van der Waals surface area contributed by atoms with Gasteiger partial charge in [0, 0.05) is 19.3 Å². The van der Waals surface area contributed by atoms with Crippen molar-refractivity contribution in [2.75, 3.05) is 19.4 Å². The Morgan fingerprint density at radius 2 is 1.96 bits per heavy atom. The molecule has 0 aliphatic heterocycles. The van der Waals surface area contributed by atoms with Gasteiger partial charge in [0.05, 0.1) is 6.20 Å². The van der Waals surface area contributed by atoms with Gasteiger partial charge in [0.1, 0.15) is 24.0 Å². The molecule has 0 fully saturated rings. The summed E-state index contributed by atoms with van der Waals surface area (Å²) in [6, 6.07) is 5.93. The van der Waals surface area contributed by atoms with Crippen molar-refractivity contribution in [1.82, 2.24) is 29.4 Å². The van der Waals surface area contributed by atoms with E-state index in [1.54, 1.807) is 16.3 Å². The lowest BCUT2D eigenvalue weighted by Crippen LogP contribution is -2.16. The zero-order valence-corrected chi connectivity index (χ0v) is 14.8. The average Bonchev–Trinajstić information content (AvgIpc) is 3.18. The van der Waals surface area contributed by atoms with Gasteiger partial charge in [-0.15, -0.1) is 10.2 Å². The first-order valence-electron chi connectivity index (χ1n) is 7.88. The molecule has 1 amide bonds. The largest absolute Gasteiger partial charge is 0.322 e. The minimum Gasteiger partial charge on any atom is -0.322 e. The molecule has 8 heteroatoms. The number of aryl methyl sites for hydroxylation is 2. The summed E-state index contributed by atoms with van der Waals surface area (Å²) < 4.78 is 3.27. The van der Waals surface area contributed by atoms with E-state index in [1.165, 1.54) is 24.4 Å². The van der Waals surface area contributed by atoms with Crippen LogP contribution in [0.25, 0.3) is 5.82 Å². The molecule has 0 aliphatic carbocycles. The highest BCUT2D eigenvalue weighted by molar-refractivity contribution is 6.06. The lowest BCUT2D eigenvalue weighted by Gasteiger charge is -2.14. The molecular formula is C17H21N7O. The number of carbonyl (C=O) groups excluding carboxylic acids is 1. The van der Waals surface area contributed by atoms with Gasteiger partial charge in [-0.2, -0.15) is 5.10 Å². The highest BCUT2D eigenvalue weighted by Gasteiger charge is 2.18. The monoisotopic (exact) mass is 339 g/mol. The van der Waals surface area contributed by atoms with Gasteiger partial charge < -0.3 is 10.2 Å². The molecule has 0 atom stereocenters. The van der Waals surface area contributed by atoms with Crippen LogP contribution in [0.3, 0.4) is 0 Å². The summed E-state index contributed by atoms with van der Waals surface area (Å²) in [6.07, 6.45) is 4.61. The van der Waals surface area contributed by atoms with Crippen LogP contribution in [0, 0.1) is 6.92 Å². The van der Waals surface area contributed by atoms with Crippen molar-refractivity contribution in [2.24, 2.45) is 7.05 Å². The number of rotatable bonds is 5. The van der Waals surface area contributed by atoms with E-state index >= 15 is 0 Å². The standard InChI is InChI=1S/C17H21N7O/c1-12-7-14(6-5-13(12)9-22(2)3)21-16(25)15-8-20-23(4)17(15)24-10-18-19-11-24/h5-8,10-11H,9H2,1-4H3,(H,21,25). The molecular weight excluding hydrogens is 318 g/mol. The van der Waals surface area contributed by atoms with Gasteiger partial charge >= 0.3 is 0 Å². The predicted molar refractivity (Wildman–Crippen MR) is 94.6 cm³/mol. The lowest BCUT2D eigenvalue weighted by molar-refractivity contribution is 0.102. The molecule has 0 spiro atoms. The number of carbonyl (C=O) groups is 1. The maximum Gasteiger partial charge on any atom is 0.261 e. The molecule has 0 unspecified atom stereocenters. The van der Waals surface area contributed by atoms with Crippen LogP contribution in [0.2, 0.25) is 0 Å². The number of anilines is 1. The van der Waals surface area contributed by atoms with Crippen molar-refractivity contribution in [3.8, 4) is 5.82 Å². The van der Waals surface area contributed by atoms with Crippen LogP contribution in [-0.2, 0) is 13.6 Å². The van der Waals surface area contributed by atoms with E-state index in [9.17, 15) is 4.79 Å². The maximum absolute atomic E-state index is 12.7. The van der Waals surface area contributed by atoms with Gasteiger partial charge in [0.2, 0.25) is 0 Å². The van der Waals surface area contributed by atoms with Crippen LogP contribution in [0.1, 0.15) is 21.5 Å². The molecule has 0 aliphatic rings. The van der Waals surface area contributed by atoms with E-state index in [4.69, 9.17) is 0 Å². The third-order valence-electron chi connectivity index (χ3n) is 3.90. The van der Waals surface area contributed by atoms with Crippen molar-refractivity contribution in [2.45, 2.75) is 13.5 Å². The van der Waals surface area contributed by atoms with Crippen LogP contribution in [0.15, 0.2) is 37.1 Å². The smallest absolute Gasteiger partial charge is 0.261 e. The van der Waals surface area contributed by atoms with Crippen LogP contribution in [0.4, 0.5) is 5.69 Å². The third kappa shape index (κ3) is 3.58. The van der Waals surface area contributed by atoms with Crippen LogP contribution >= 0.6 is 0 Å². The van der Waals surface area contributed by atoms with Crippen molar-refractivity contribution in [3.05, 3.63) is 53.7 Å². The molecule has 1 N–H and O–H groups in total. The zero-order valence-electron chi connectivity index (χ0n) is 14.8. The molecule has 3 aromatic rings. The highest BCUT2D eigenvalue weighted by Crippen LogP contribution is 2.19. The zero-order chi connectivity index (χ0) is 18.0.